The quantitative estimate of drug-likeness (QED) is 0.450. The predicted octanol–water partition coefficient (Wildman–Crippen LogP) is -0.995. The van der Waals surface area contributed by atoms with Crippen LogP contribution in [0.3, 0.4) is 0 Å². The average Bonchev–Trinajstić information content (AvgIpc) is 2.86. The summed E-state index contributed by atoms with van der Waals surface area (Å²) in [6, 6.07) is 0. The third kappa shape index (κ3) is 2.27. The van der Waals surface area contributed by atoms with E-state index in [4.69, 9.17) is 10.00 Å². The van der Waals surface area contributed by atoms with Gasteiger partial charge in [0.15, 0.2) is 12.4 Å². The number of H-pyrrole nitrogens is 1. The lowest BCUT2D eigenvalue weighted by Crippen LogP contribution is -2.36. The molecule has 0 radical (unpaired) electrons. The fourth-order valence-corrected chi connectivity index (χ4v) is 2.23. The number of nitrogens with zero attached hydrogens (tertiary/aromatic N) is 3. The first-order chi connectivity index (χ1) is 10.1. The Kier molecular flexibility index (Phi) is 2.98. The van der Waals surface area contributed by atoms with Crippen LogP contribution in [0.4, 0.5) is 0 Å². The van der Waals surface area contributed by atoms with Gasteiger partial charge in [-0.2, -0.15) is 5.26 Å². The van der Waals surface area contributed by atoms with Gasteiger partial charge < -0.3 is 10.1 Å². The number of aromatic nitrogens is 2. The van der Waals surface area contributed by atoms with E-state index in [1.807, 2.05) is 0 Å². The number of nitrogens with one attached hydrogen (secondary N) is 3. The molecule has 0 spiro atoms. The zero-order chi connectivity index (χ0) is 15.0. The molecule has 0 amide bonds. The Morgan fingerprint density at radius 1 is 1.57 bits per heavy atom. The van der Waals surface area contributed by atoms with Gasteiger partial charge in [-0.25, -0.2) is 9.79 Å². The van der Waals surface area contributed by atoms with Crippen LogP contribution in [0.2, 0.25) is 0 Å². The highest BCUT2D eigenvalue weighted by Crippen LogP contribution is 2.31. The number of rotatable bonds is 1. The summed E-state index contributed by atoms with van der Waals surface area (Å²) in [6.45, 7) is 1.91. The van der Waals surface area contributed by atoms with Crippen LogP contribution in [0.15, 0.2) is 32.2 Å². The van der Waals surface area contributed by atoms with Crippen molar-refractivity contribution in [2.24, 2.45) is 4.99 Å². The van der Waals surface area contributed by atoms with Gasteiger partial charge >= 0.3 is 5.69 Å². The Hall–Kier alpha value is -3.02. The molecule has 1 aromatic rings. The van der Waals surface area contributed by atoms with Gasteiger partial charge in [-0.1, -0.05) is 0 Å². The molecule has 0 aliphatic carbocycles. The van der Waals surface area contributed by atoms with Crippen molar-refractivity contribution in [3.63, 3.8) is 0 Å². The minimum atomic E-state index is -0.540. The largest absolute Gasteiger partial charge is 0.470 e. The van der Waals surface area contributed by atoms with Crippen LogP contribution in [0.5, 0.6) is 0 Å². The summed E-state index contributed by atoms with van der Waals surface area (Å²) in [7, 11) is 0. The van der Waals surface area contributed by atoms with E-state index in [-0.39, 0.29) is 0 Å². The zero-order valence-corrected chi connectivity index (χ0v) is 11.1. The van der Waals surface area contributed by atoms with E-state index < -0.39 is 17.5 Å². The molecule has 1 atom stereocenters. The van der Waals surface area contributed by atoms with Crippen molar-refractivity contribution in [3.05, 3.63) is 44.1 Å². The van der Waals surface area contributed by atoms with Crippen molar-refractivity contribution in [1.82, 2.24) is 20.2 Å². The van der Waals surface area contributed by atoms with Gasteiger partial charge in [0.1, 0.15) is 12.3 Å². The van der Waals surface area contributed by atoms with E-state index in [0.717, 1.165) is 5.70 Å². The van der Waals surface area contributed by atoms with Gasteiger partial charge in [0, 0.05) is 18.2 Å². The standard InChI is InChI=1S/C12H12N6O3/c1-6-4-18(12(20)17-10(6)19)9-2-7-8(21-9)3-14-11(16-7)15-5-13/h4,9H,2-3H2,1H3,(H2,14,15,16)(H,17,19,20). The molecule has 9 nitrogen and oxygen atoms in total. The third-order valence-electron chi connectivity index (χ3n) is 3.27. The first-order valence-corrected chi connectivity index (χ1v) is 6.26. The molecule has 1 aromatic heterocycles. The van der Waals surface area contributed by atoms with Crippen molar-refractivity contribution in [2.45, 2.75) is 19.6 Å². The molecular weight excluding hydrogens is 276 g/mol. The van der Waals surface area contributed by atoms with Crippen molar-refractivity contribution < 1.29 is 4.74 Å². The summed E-state index contributed by atoms with van der Waals surface area (Å²) in [6.07, 6.45) is 3.14. The highest BCUT2D eigenvalue weighted by molar-refractivity contribution is 5.84. The molecule has 21 heavy (non-hydrogen) atoms. The molecular formula is C12H12N6O3. The molecule has 1 unspecified atom stereocenters. The Bertz CT molecular complexity index is 810. The molecule has 0 saturated heterocycles. The lowest BCUT2D eigenvalue weighted by atomic mass is 10.2. The number of aryl methyl sites for hydroxylation is 1. The van der Waals surface area contributed by atoms with Gasteiger partial charge in [-0.15, -0.1) is 0 Å². The predicted molar refractivity (Wildman–Crippen MR) is 72.0 cm³/mol. The summed E-state index contributed by atoms with van der Waals surface area (Å²) in [4.78, 5) is 29.6. The minimum Gasteiger partial charge on any atom is -0.470 e. The molecule has 0 bridgehead atoms. The Balaban J connectivity index is 1.82. The third-order valence-corrected chi connectivity index (χ3v) is 3.27. The van der Waals surface area contributed by atoms with Crippen LogP contribution in [-0.2, 0) is 4.74 Å². The van der Waals surface area contributed by atoms with Crippen LogP contribution >= 0.6 is 0 Å². The SMILES string of the molecule is Cc1cn(C2CC3=C(CN=C(NC#N)N3)O2)c(=O)[nH]c1=O. The molecule has 3 heterocycles. The number of nitriles is 1. The second-order valence-corrected chi connectivity index (χ2v) is 4.68. The van der Waals surface area contributed by atoms with Crippen LogP contribution in [-0.4, -0.2) is 22.1 Å². The molecule has 0 aromatic carbocycles. The van der Waals surface area contributed by atoms with Crippen molar-refractivity contribution in [1.29, 1.82) is 5.26 Å². The summed E-state index contributed by atoms with van der Waals surface area (Å²) in [5, 5.41) is 13.9. The number of hydrogen-bond donors (Lipinski definition) is 3. The lowest BCUT2D eigenvalue weighted by molar-refractivity contribution is 0.0768. The van der Waals surface area contributed by atoms with Crippen molar-refractivity contribution in [3.8, 4) is 6.19 Å². The number of guanidine groups is 1. The maximum atomic E-state index is 11.9. The normalized spacial score (nSPS) is 20.0. The van der Waals surface area contributed by atoms with Crippen LogP contribution in [0.1, 0.15) is 18.2 Å². The second-order valence-electron chi connectivity index (χ2n) is 4.68. The minimum absolute atomic E-state index is 0.292. The topological polar surface area (TPSA) is 124 Å². The van der Waals surface area contributed by atoms with E-state index in [0.29, 0.717) is 30.2 Å². The second kappa shape index (κ2) is 4.82. The smallest absolute Gasteiger partial charge is 0.331 e. The van der Waals surface area contributed by atoms with Crippen LogP contribution < -0.4 is 21.9 Å². The fraction of sp³-hybridized carbons (Fsp3) is 0.333. The number of aliphatic imine (C=N–C) groups is 1. The van der Waals surface area contributed by atoms with E-state index in [9.17, 15) is 9.59 Å². The molecule has 108 valence electrons. The Morgan fingerprint density at radius 2 is 2.38 bits per heavy atom. The number of aromatic amines is 1. The van der Waals surface area contributed by atoms with Gasteiger partial charge in [0.05, 0.1) is 5.70 Å². The maximum absolute atomic E-state index is 11.9. The van der Waals surface area contributed by atoms with Crippen molar-refractivity contribution >= 4 is 5.96 Å². The maximum Gasteiger partial charge on any atom is 0.331 e. The van der Waals surface area contributed by atoms with E-state index in [1.54, 1.807) is 13.1 Å². The fourth-order valence-electron chi connectivity index (χ4n) is 2.23. The highest BCUT2D eigenvalue weighted by atomic mass is 16.5. The molecule has 3 N–H and O–H groups in total. The van der Waals surface area contributed by atoms with Crippen LogP contribution in [0.25, 0.3) is 0 Å². The summed E-state index contributed by atoms with van der Waals surface area (Å²) in [5.74, 6) is 0.977. The summed E-state index contributed by atoms with van der Waals surface area (Å²) < 4.78 is 7.04. The van der Waals surface area contributed by atoms with Gasteiger partial charge in [-0.05, 0) is 6.92 Å². The van der Waals surface area contributed by atoms with E-state index in [2.05, 4.69) is 20.6 Å². The zero-order valence-electron chi connectivity index (χ0n) is 11.1. The average molecular weight is 288 g/mol. The lowest BCUT2D eigenvalue weighted by Gasteiger charge is -2.15. The molecule has 2 aliphatic heterocycles. The number of hydrogen-bond acceptors (Lipinski definition) is 7. The van der Waals surface area contributed by atoms with Crippen LogP contribution in [0, 0.1) is 18.4 Å². The first kappa shape index (κ1) is 13.0. The van der Waals surface area contributed by atoms with E-state index in [1.165, 1.54) is 10.8 Å². The van der Waals surface area contributed by atoms with Gasteiger partial charge in [0.2, 0.25) is 5.96 Å². The molecule has 0 saturated carbocycles. The Morgan fingerprint density at radius 3 is 3.14 bits per heavy atom. The van der Waals surface area contributed by atoms with Gasteiger partial charge in [-0.3, -0.25) is 19.7 Å². The molecule has 3 rings (SSSR count). The molecule has 9 heteroatoms. The first-order valence-electron chi connectivity index (χ1n) is 6.26. The number of ether oxygens (including phenoxy) is 1. The van der Waals surface area contributed by atoms with Crippen molar-refractivity contribution in [2.75, 3.05) is 6.54 Å². The molecule has 0 fully saturated rings. The van der Waals surface area contributed by atoms with E-state index >= 15 is 0 Å². The monoisotopic (exact) mass is 288 g/mol. The summed E-state index contributed by atoms with van der Waals surface area (Å²) >= 11 is 0. The summed E-state index contributed by atoms with van der Waals surface area (Å²) in [5.41, 5.74) is 0.267. The van der Waals surface area contributed by atoms with Gasteiger partial charge in [0.25, 0.3) is 5.56 Å². The Labute approximate surface area is 118 Å². The highest BCUT2D eigenvalue weighted by Gasteiger charge is 2.30. The molecule has 2 aliphatic rings.